The molecule has 0 radical (unpaired) electrons. The lowest BCUT2D eigenvalue weighted by Crippen LogP contribution is -2.32. The monoisotopic (exact) mass is 314 g/mol. The molecule has 21 heavy (non-hydrogen) atoms. The van der Waals surface area contributed by atoms with Crippen molar-refractivity contribution in [2.24, 2.45) is 0 Å². The number of rotatable bonds is 5. The average Bonchev–Trinajstić information content (AvgIpc) is 2.72. The van der Waals surface area contributed by atoms with Crippen LogP contribution in [0.25, 0.3) is 0 Å². The van der Waals surface area contributed by atoms with Crippen molar-refractivity contribution < 1.29 is 14.6 Å². The highest BCUT2D eigenvalue weighted by atomic mass is 32.2. The molecule has 1 unspecified atom stereocenters. The summed E-state index contributed by atoms with van der Waals surface area (Å²) < 4.78 is 7.66. The molecule has 118 valence electrons. The van der Waals surface area contributed by atoms with Crippen molar-refractivity contribution in [3.8, 4) is 0 Å². The molecule has 1 aromatic heterocycles. The van der Waals surface area contributed by atoms with Gasteiger partial charge in [-0.2, -0.15) is 0 Å². The lowest BCUT2D eigenvalue weighted by Gasteiger charge is -2.25. The summed E-state index contributed by atoms with van der Waals surface area (Å²) in [5.74, 6) is -0.0587. The Labute approximate surface area is 128 Å². The molecular weight excluding hydrogens is 292 g/mol. The second kappa shape index (κ2) is 7.13. The molecule has 8 heteroatoms. The number of ether oxygens (including phenoxy) is 1. The van der Waals surface area contributed by atoms with Gasteiger partial charge in [0, 0.05) is 25.7 Å². The normalized spacial score (nSPS) is 19.8. The molecule has 1 aromatic rings. The number of nitrogens with zero attached hydrogens (tertiary/aromatic N) is 4. The average molecular weight is 314 g/mol. The van der Waals surface area contributed by atoms with Gasteiger partial charge in [0.2, 0.25) is 5.95 Å². The second-order valence-corrected chi connectivity index (χ2v) is 6.35. The van der Waals surface area contributed by atoms with Crippen molar-refractivity contribution >= 4 is 23.7 Å². The van der Waals surface area contributed by atoms with Gasteiger partial charge in [-0.05, 0) is 27.2 Å². The van der Waals surface area contributed by atoms with Crippen LogP contribution in [-0.2, 0) is 9.53 Å². The Balaban J connectivity index is 2.23. The van der Waals surface area contributed by atoms with Crippen LogP contribution < -0.4 is 4.90 Å². The predicted octanol–water partition coefficient (Wildman–Crippen LogP) is 1.65. The third-order valence-electron chi connectivity index (χ3n) is 3.22. The highest BCUT2D eigenvalue weighted by Crippen LogP contribution is 2.27. The zero-order valence-corrected chi connectivity index (χ0v) is 13.5. The van der Waals surface area contributed by atoms with Gasteiger partial charge in [-0.25, -0.2) is 0 Å². The van der Waals surface area contributed by atoms with Gasteiger partial charge in [-0.3, -0.25) is 9.36 Å². The molecule has 1 saturated heterocycles. The summed E-state index contributed by atoms with van der Waals surface area (Å²) in [5, 5.41) is 17.9. The zero-order chi connectivity index (χ0) is 15.4. The SMILES string of the molecule is CC1CN(c2nnc(SCC(=O)O)n2C(C)C)CCCO1. The van der Waals surface area contributed by atoms with E-state index in [4.69, 9.17) is 9.84 Å². The molecule has 1 fully saturated rings. The number of hydrogen-bond acceptors (Lipinski definition) is 6. The standard InChI is InChI=1S/C13H22N4O3S/c1-9(2)17-12(14-15-13(17)21-8-11(18)19)16-5-4-6-20-10(3)7-16/h9-10H,4-8H2,1-3H3,(H,18,19). The number of aromatic nitrogens is 3. The summed E-state index contributed by atoms with van der Waals surface area (Å²) in [6.07, 6.45) is 1.10. The van der Waals surface area contributed by atoms with E-state index < -0.39 is 5.97 Å². The summed E-state index contributed by atoms with van der Waals surface area (Å²) in [7, 11) is 0. The van der Waals surface area contributed by atoms with Crippen molar-refractivity contribution in [2.75, 3.05) is 30.3 Å². The molecular formula is C13H22N4O3S. The quantitative estimate of drug-likeness (QED) is 0.828. The minimum absolute atomic E-state index is 0.00956. The van der Waals surface area contributed by atoms with Gasteiger partial charge in [0.15, 0.2) is 5.16 Å². The van der Waals surface area contributed by atoms with Gasteiger partial charge in [0.1, 0.15) is 0 Å². The molecule has 0 spiro atoms. The van der Waals surface area contributed by atoms with E-state index in [0.29, 0.717) is 5.16 Å². The summed E-state index contributed by atoms with van der Waals surface area (Å²) >= 11 is 1.21. The van der Waals surface area contributed by atoms with Crippen LogP contribution in [0, 0.1) is 0 Å². The Kier molecular flexibility index (Phi) is 5.46. The van der Waals surface area contributed by atoms with Crippen LogP contribution in [0.3, 0.4) is 0 Å². The van der Waals surface area contributed by atoms with Gasteiger partial charge in [-0.1, -0.05) is 11.8 Å². The second-order valence-electron chi connectivity index (χ2n) is 5.41. The maximum atomic E-state index is 10.7. The van der Waals surface area contributed by atoms with Crippen molar-refractivity contribution in [1.29, 1.82) is 0 Å². The molecule has 0 aliphatic carbocycles. The molecule has 0 bridgehead atoms. The van der Waals surface area contributed by atoms with E-state index in [-0.39, 0.29) is 17.9 Å². The Morgan fingerprint density at radius 1 is 1.52 bits per heavy atom. The predicted molar refractivity (Wildman–Crippen MR) is 81.0 cm³/mol. The summed E-state index contributed by atoms with van der Waals surface area (Å²) in [5.41, 5.74) is 0. The Bertz CT molecular complexity index is 492. The highest BCUT2D eigenvalue weighted by Gasteiger charge is 2.23. The maximum absolute atomic E-state index is 10.7. The van der Waals surface area contributed by atoms with Crippen LogP contribution in [0.5, 0.6) is 0 Å². The number of carboxylic acid groups (broad SMARTS) is 1. The molecule has 1 atom stereocenters. The number of anilines is 1. The molecule has 2 rings (SSSR count). The fourth-order valence-electron chi connectivity index (χ4n) is 2.34. The largest absolute Gasteiger partial charge is 0.481 e. The lowest BCUT2D eigenvalue weighted by molar-refractivity contribution is -0.133. The van der Waals surface area contributed by atoms with Crippen LogP contribution in [0.4, 0.5) is 5.95 Å². The van der Waals surface area contributed by atoms with Gasteiger partial charge in [0.25, 0.3) is 0 Å². The number of thioether (sulfide) groups is 1. The first-order valence-electron chi connectivity index (χ1n) is 7.15. The van der Waals surface area contributed by atoms with E-state index in [1.165, 1.54) is 11.8 Å². The first kappa shape index (κ1) is 16.1. The van der Waals surface area contributed by atoms with Crippen molar-refractivity contribution in [3.05, 3.63) is 0 Å². The molecule has 2 heterocycles. The number of carboxylic acids is 1. The van der Waals surface area contributed by atoms with Gasteiger partial charge < -0.3 is 14.7 Å². The smallest absolute Gasteiger partial charge is 0.313 e. The minimum Gasteiger partial charge on any atom is -0.481 e. The molecule has 7 nitrogen and oxygen atoms in total. The first-order valence-corrected chi connectivity index (χ1v) is 8.13. The van der Waals surface area contributed by atoms with Gasteiger partial charge in [0.05, 0.1) is 11.9 Å². The summed E-state index contributed by atoms with van der Waals surface area (Å²) in [6, 6.07) is 0.172. The van der Waals surface area contributed by atoms with E-state index in [1.54, 1.807) is 0 Å². The van der Waals surface area contributed by atoms with Crippen molar-refractivity contribution in [1.82, 2.24) is 14.8 Å². The Morgan fingerprint density at radius 2 is 2.29 bits per heavy atom. The first-order chi connectivity index (χ1) is 9.99. The Hall–Kier alpha value is -1.28. The van der Waals surface area contributed by atoms with Crippen molar-refractivity contribution in [3.63, 3.8) is 0 Å². The van der Waals surface area contributed by atoms with E-state index in [2.05, 4.69) is 35.9 Å². The molecule has 1 N–H and O–H groups in total. The lowest BCUT2D eigenvalue weighted by atomic mass is 10.3. The molecule has 0 amide bonds. The van der Waals surface area contributed by atoms with E-state index in [1.807, 2.05) is 4.57 Å². The van der Waals surface area contributed by atoms with Crippen molar-refractivity contribution in [2.45, 2.75) is 44.5 Å². The molecule has 1 aliphatic rings. The van der Waals surface area contributed by atoms with E-state index >= 15 is 0 Å². The number of aliphatic carboxylic acids is 1. The molecule has 1 aliphatic heterocycles. The van der Waals surface area contributed by atoms with E-state index in [9.17, 15) is 4.79 Å². The summed E-state index contributed by atoms with van der Waals surface area (Å²) in [4.78, 5) is 12.9. The van der Waals surface area contributed by atoms with E-state index in [0.717, 1.165) is 32.1 Å². The minimum atomic E-state index is -0.850. The van der Waals surface area contributed by atoms with Gasteiger partial charge >= 0.3 is 5.97 Å². The third-order valence-corrected chi connectivity index (χ3v) is 4.15. The highest BCUT2D eigenvalue weighted by molar-refractivity contribution is 7.99. The number of hydrogen-bond donors (Lipinski definition) is 1. The third kappa shape index (κ3) is 4.10. The summed E-state index contributed by atoms with van der Waals surface area (Å²) in [6.45, 7) is 8.56. The van der Waals surface area contributed by atoms with Crippen LogP contribution in [0.1, 0.15) is 33.2 Å². The number of carbonyl (C=O) groups is 1. The zero-order valence-electron chi connectivity index (χ0n) is 12.7. The topological polar surface area (TPSA) is 80.5 Å². The maximum Gasteiger partial charge on any atom is 0.313 e. The molecule has 0 aromatic carbocycles. The Morgan fingerprint density at radius 3 is 2.95 bits per heavy atom. The van der Waals surface area contributed by atoms with Gasteiger partial charge in [-0.15, -0.1) is 10.2 Å². The fourth-order valence-corrected chi connectivity index (χ4v) is 3.12. The van der Waals surface area contributed by atoms with Crippen LogP contribution in [0.2, 0.25) is 0 Å². The van der Waals surface area contributed by atoms with Crippen LogP contribution in [0.15, 0.2) is 5.16 Å². The van der Waals surface area contributed by atoms with Crippen LogP contribution >= 0.6 is 11.8 Å². The van der Waals surface area contributed by atoms with Crippen LogP contribution in [-0.4, -0.2) is 57.4 Å². The fraction of sp³-hybridized carbons (Fsp3) is 0.769. The molecule has 0 saturated carbocycles.